The number of hydrogen-bond acceptors (Lipinski definition) is 14. The molecular formula is C57H61FN4O13. The molecule has 1 fully saturated rings. The van der Waals surface area contributed by atoms with Gasteiger partial charge in [-0.05, 0) is 109 Å². The van der Waals surface area contributed by atoms with Gasteiger partial charge in [0.1, 0.15) is 47.2 Å². The van der Waals surface area contributed by atoms with E-state index in [1.54, 1.807) is 54.6 Å². The van der Waals surface area contributed by atoms with Crippen LogP contribution in [0.1, 0.15) is 67.6 Å². The minimum Gasteiger partial charge on any atom is -0.497 e. The molecule has 3 N–H and O–H groups in total. The van der Waals surface area contributed by atoms with E-state index in [-0.39, 0.29) is 68.4 Å². The molecule has 0 radical (unpaired) electrons. The van der Waals surface area contributed by atoms with E-state index < -0.39 is 46.6 Å². The number of aliphatic hydroxyl groups is 2. The van der Waals surface area contributed by atoms with Gasteiger partial charge in [0, 0.05) is 55.9 Å². The molecule has 0 spiro atoms. The van der Waals surface area contributed by atoms with E-state index in [0.717, 1.165) is 11.1 Å². The van der Waals surface area contributed by atoms with Gasteiger partial charge in [0.05, 0.1) is 43.1 Å². The van der Waals surface area contributed by atoms with Crippen LogP contribution < -0.4 is 29.0 Å². The Morgan fingerprint density at radius 1 is 0.880 bits per heavy atom. The predicted octanol–water partition coefficient (Wildman–Crippen LogP) is 10.9. The number of unbranched alkanes of at least 4 members (excludes halogenated alkanes) is 2. The molecule has 0 aromatic heterocycles. The van der Waals surface area contributed by atoms with Crippen LogP contribution in [0, 0.1) is 33.7 Å². The highest BCUT2D eigenvalue weighted by Gasteiger charge is 2.66. The van der Waals surface area contributed by atoms with Crippen LogP contribution in [0.3, 0.4) is 0 Å². The molecule has 0 unspecified atom stereocenters. The Kier molecular flexibility index (Phi) is 17.8. The van der Waals surface area contributed by atoms with Gasteiger partial charge in [-0.2, -0.15) is 0 Å². The number of rotatable bonds is 23. The number of methoxy groups -OCH3 is 2. The average molecular weight is 1030 g/mol. The van der Waals surface area contributed by atoms with E-state index in [4.69, 9.17) is 38.4 Å². The van der Waals surface area contributed by atoms with Gasteiger partial charge in [-0.25, -0.2) is 14.0 Å². The number of carbonyl (C=O) groups excluding carboxylic acids is 2. The number of halogens is 1. The summed E-state index contributed by atoms with van der Waals surface area (Å²) < 4.78 is 51.9. The third kappa shape index (κ3) is 12.4. The highest BCUT2D eigenvalue weighted by molar-refractivity contribution is 6.03. The molecular weight excluding hydrogens is 968 g/mol. The molecule has 3 aliphatic rings. The van der Waals surface area contributed by atoms with Gasteiger partial charge in [0.15, 0.2) is 0 Å². The Hall–Kier alpha value is -7.80. The molecule has 394 valence electrons. The maximum atomic E-state index is 15.1. The van der Waals surface area contributed by atoms with Crippen molar-refractivity contribution < 1.29 is 62.4 Å². The summed E-state index contributed by atoms with van der Waals surface area (Å²) in [6.45, 7) is 3.90. The molecule has 8 rings (SSSR count). The standard InChI is InChI=1S/C57H61FN4O13/c1-4-30-71-57-52(61(35-37-16-18-40(58)19-17-37)56(66)74-42-22-20-41(21-23-42)62(67)68)34-49(60-72-36-38-12-6-5-7-13-38)46-31-39(14-8-10-28-63)45(15-9-11-29-64)53(54(46)57)47-32-44(25-27-50(47)75-57)73-55(65)59-48-26-24-43(69-2)33-51(48)70-3/h4-7,12-13,16-27,31-33,39,45,52-54,63-64H,1,8-11,14-15,28-30,34-36H2,2-3H3,(H,59,65)/t39-,45+,52-,53+,54+,57+/m0/s1. The zero-order chi connectivity index (χ0) is 52.9. The summed E-state index contributed by atoms with van der Waals surface area (Å²) in [6, 6.07) is 29.3. The summed E-state index contributed by atoms with van der Waals surface area (Å²) in [7, 11) is 2.99. The van der Waals surface area contributed by atoms with Crippen molar-refractivity contribution in [2.75, 3.05) is 39.4 Å². The molecule has 17 nitrogen and oxygen atoms in total. The molecule has 6 atom stereocenters. The SMILES string of the molecule is C=CCO[C@@]12Oc3ccc(OC(=O)Nc4ccc(OC)cc4OC)cc3[C@H]3[C@H](CCCCO)[C@@H](CCCCO)C=C(C(=NOCc4ccccc4)C[C@@H]1N(Cc1ccc(F)cc1)C(=O)Oc1ccc([N+](=O)[O-])cc1)[C@H]32. The van der Waals surface area contributed by atoms with Crippen LogP contribution >= 0.6 is 0 Å². The number of carbonyl (C=O) groups is 2. The van der Waals surface area contributed by atoms with Gasteiger partial charge in [0.2, 0.25) is 5.79 Å². The number of allylic oxidation sites excluding steroid dienone is 1. The second kappa shape index (κ2) is 25.0. The molecule has 0 saturated heterocycles. The lowest BCUT2D eigenvalue weighted by Gasteiger charge is -2.59. The van der Waals surface area contributed by atoms with Gasteiger partial charge >= 0.3 is 12.2 Å². The molecule has 1 aliphatic heterocycles. The maximum Gasteiger partial charge on any atom is 0.417 e. The lowest BCUT2D eigenvalue weighted by Crippen LogP contribution is -2.70. The molecule has 1 saturated carbocycles. The lowest BCUT2D eigenvalue weighted by molar-refractivity contribution is -0.384. The molecule has 18 heteroatoms. The summed E-state index contributed by atoms with van der Waals surface area (Å²) in [5.74, 6) is -2.35. The maximum absolute atomic E-state index is 15.1. The van der Waals surface area contributed by atoms with Crippen LogP contribution in [-0.4, -0.2) is 83.8 Å². The Labute approximate surface area is 434 Å². The second-order valence-electron chi connectivity index (χ2n) is 18.5. The number of nitrogens with one attached hydrogen (secondary N) is 1. The summed E-state index contributed by atoms with van der Waals surface area (Å²) in [5.41, 5.74) is 3.45. The molecule has 75 heavy (non-hydrogen) atoms. The number of amides is 2. The monoisotopic (exact) mass is 1030 g/mol. The van der Waals surface area contributed by atoms with Crippen LogP contribution in [0.4, 0.5) is 25.4 Å². The Morgan fingerprint density at radius 3 is 2.29 bits per heavy atom. The number of fused-ring (bicyclic) bond motifs is 2. The zero-order valence-corrected chi connectivity index (χ0v) is 41.8. The van der Waals surface area contributed by atoms with Crippen LogP contribution in [0.2, 0.25) is 0 Å². The summed E-state index contributed by atoms with van der Waals surface area (Å²) in [6.07, 6.45) is 5.82. The van der Waals surface area contributed by atoms with Crippen molar-refractivity contribution >= 4 is 29.3 Å². The van der Waals surface area contributed by atoms with E-state index in [2.05, 4.69) is 18.0 Å². The molecule has 5 aromatic rings. The second-order valence-corrected chi connectivity index (χ2v) is 18.5. The smallest absolute Gasteiger partial charge is 0.417 e. The topological polar surface area (TPSA) is 210 Å². The van der Waals surface area contributed by atoms with E-state index in [1.807, 2.05) is 30.3 Å². The molecule has 2 aliphatic carbocycles. The number of benzene rings is 5. The number of non-ortho nitro benzene ring substituents is 1. The number of ether oxygens (including phenoxy) is 6. The van der Waals surface area contributed by atoms with Crippen molar-refractivity contribution in [1.82, 2.24) is 4.90 Å². The third-order valence-corrected chi connectivity index (χ3v) is 13.9. The van der Waals surface area contributed by atoms with E-state index in [9.17, 15) is 29.5 Å². The first-order chi connectivity index (χ1) is 36.5. The molecule has 5 aromatic carbocycles. The first-order valence-electron chi connectivity index (χ1n) is 24.9. The quantitative estimate of drug-likeness (QED) is 0.0241. The Morgan fingerprint density at radius 2 is 1.60 bits per heavy atom. The number of nitro groups is 1. The minimum absolute atomic E-state index is 0.00639. The minimum atomic E-state index is -1.75. The van der Waals surface area contributed by atoms with Crippen molar-refractivity contribution in [2.24, 2.45) is 22.9 Å². The predicted molar refractivity (Wildman–Crippen MR) is 276 cm³/mol. The molecule has 1 heterocycles. The highest BCUT2D eigenvalue weighted by Crippen LogP contribution is 2.62. The van der Waals surface area contributed by atoms with Crippen LogP contribution in [0.15, 0.2) is 145 Å². The van der Waals surface area contributed by atoms with Crippen molar-refractivity contribution in [2.45, 2.75) is 75.8 Å². The number of aliphatic hydroxyl groups excluding tert-OH is 2. The van der Waals surface area contributed by atoms with E-state index in [0.29, 0.717) is 78.3 Å². The third-order valence-electron chi connectivity index (χ3n) is 13.9. The van der Waals surface area contributed by atoms with E-state index in [1.165, 1.54) is 55.5 Å². The van der Waals surface area contributed by atoms with Gasteiger partial charge in [0.25, 0.3) is 5.69 Å². The Bertz CT molecular complexity index is 2850. The summed E-state index contributed by atoms with van der Waals surface area (Å²) in [4.78, 5) is 47.6. The molecule has 0 bridgehead atoms. The van der Waals surface area contributed by atoms with Crippen molar-refractivity contribution in [1.29, 1.82) is 0 Å². The number of nitro benzene ring substituents is 1. The van der Waals surface area contributed by atoms with Gasteiger partial charge in [-0.3, -0.25) is 20.3 Å². The normalized spacial score (nSPS) is 20.8. The zero-order valence-electron chi connectivity index (χ0n) is 41.8. The van der Waals surface area contributed by atoms with Crippen LogP contribution in [0.25, 0.3) is 0 Å². The first-order valence-corrected chi connectivity index (χ1v) is 24.9. The van der Waals surface area contributed by atoms with Crippen LogP contribution in [0.5, 0.6) is 28.7 Å². The fourth-order valence-corrected chi connectivity index (χ4v) is 10.5. The Balaban J connectivity index is 1.31. The molecule has 2 amide bonds. The average Bonchev–Trinajstić information content (AvgIpc) is 3.50. The van der Waals surface area contributed by atoms with Gasteiger partial charge in [-0.1, -0.05) is 72.6 Å². The van der Waals surface area contributed by atoms with Gasteiger partial charge in [-0.15, -0.1) is 6.58 Å². The van der Waals surface area contributed by atoms with Crippen molar-refractivity contribution in [3.05, 3.63) is 172 Å². The van der Waals surface area contributed by atoms with Crippen molar-refractivity contribution in [3.8, 4) is 28.7 Å². The highest BCUT2D eigenvalue weighted by atomic mass is 19.1. The lowest BCUT2D eigenvalue weighted by atomic mass is 9.55. The fraction of sp³-hybridized carbons (Fsp3) is 0.351. The van der Waals surface area contributed by atoms with Gasteiger partial charge < -0.3 is 43.5 Å². The van der Waals surface area contributed by atoms with E-state index >= 15 is 4.79 Å². The van der Waals surface area contributed by atoms with Crippen molar-refractivity contribution in [3.63, 3.8) is 0 Å². The number of hydrogen-bond donors (Lipinski definition) is 3. The number of anilines is 1. The fourth-order valence-electron chi connectivity index (χ4n) is 10.5. The largest absolute Gasteiger partial charge is 0.497 e. The summed E-state index contributed by atoms with van der Waals surface area (Å²) in [5, 5.41) is 39.4. The number of nitrogens with zero attached hydrogens (tertiary/aromatic N) is 3. The summed E-state index contributed by atoms with van der Waals surface area (Å²) >= 11 is 0. The first kappa shape index (κ1) is 53.5. The van der Waals surface area contributed by atoms with Crippen LogP contribution in [-0.2, 0) is 22.7 Å². The number of oxime groups is 1.